The minimum absolute atomic E-state index is 0.171. The van der Waals surface area contributed by atoms with Gasteiger partial charge in [0.25, 0.3) is 0 Å². The number of nitrogens with zero attached hydrogens (tertiary/aromatic N) is 1. The lowest BCUT2D eigenvalue weighted by Gasteiger charge is -2.15. The van der Waals surface area contributed by atoms with Crippen molar-refractivity contribution in [3.63, 3.8) is 0 Å². The summed E-state index contributed by atoms with van der Waals surface area (Å²) < 4.78 is 36.0. The molecule has 0 amide bonds. The molecule has 108 valence electrons. The number of hydrogen-bond acceptors (Lipinski definition) is 2. The van der Waals surface area contributed by atoms with E-state index in [9.17, 15) is 13.2 Å². The summed E-state index contributed by atoms with van der Waals surface area (Å²) in [5.41, 5.74) is 1.21. The molecule has 0 saturated carbocycles. The van der Waals surface area contributed by atoms with E-state index in [0.29, 0.717) is 12.5 Å². The van der Waals surface area contributed by atoms with Crippen LogP contribution in [-0.2, 0) is 0 Å². The lowest BCUT2D eigenvalue weighted by atomic mass is 10.1. The van der Waals surface area contributed by atoms with Crippen molar-refractivity contribution in [1.29, 1.82) is 0 Å². The van der Waals surface area contributed by atoms with Crippen LogP contribution in [0.3, 0.4) is 0 Å². The topological polar surface area (TPSA) is 36.4 Å². The number of hydrogen-bond donors (Lipinski definition) is 2. The third-order valence-electron chi connectivity index (χ3n) is 2.61. The van der Waals surface area contributed by atoms with Gasteiger partial charge in [0.15, 0.2) is 5.96 Å². The van der Waals surface area contributed by atoms with Gasteiger partial charge in [-0.15, -0.1) is 0 Å². The first-order valence-corrected chi connectivity index (χ1v) is 6.90. The number of nitrogens with one attached hydrogen (secondary N) is 2. The highest BCUT2D eigenvalue weighted by atomic mass is 32.1. The van der Waals surface area contributed by atoms with Crippen LogP contribution in [0.5, 0.6) is 0 Å². The molecule has 1 aromatic heterocycles. The van der Waals surface area contributed by atoms with Gasteiger partial charge in [-0.1, -0.05) is 6.92 Å². The van der Waals surface area contributed by atoms with Crippen molar-refractivity contribution < 1.29 is 13.2 Å². The number of halogens is 3. The van der Waals surface area contributed by atoms with Crippen molar-refractivity contribution >= 4 is 17.3 Å². The van der Waals surface area contributed by atoms with Gasteiger partial charge in [0.05, 0.1) is 6.42 Å². The summed E-state index contributed by atoms with van der Waals surface area (Å²) in [7, 11) is 1.54. The molecule has 3 nitrogen and oxygen atoms in total. The average Bonchev–Trinajstić information content (AvgIpc) is 2.85. The Balaban J connectivity index is 2.29. The lowest BCUT2D eigenvalue weighted by Crippen LogP contribution is -2.40. The van der Waals surface area contributed by atoms with Crippen molar-refractivity contribution in [3.8, 4) is 0 Å². The quantitative estimate of drug-likeness (QED) is 0.647. The molecule has 1 unspecified atom stereocenters. The summed E-state index contributed by atoms with van der Waals surface area (Å²) in [6, 6.07) is 2.04. The number of aliphatic imine (C=N–C) groups is 1. The van der Waals surface area contributed by atoms with Crippen LogP contribution in [0.15, 0.2) is 21.8 Å². The SMILES string of the molecule is CN=C(NCCC(F)(F)F)NCC(C)c1ccsc1. The van der Waals surface area contributed by atoms with E-state index in [2.05, 4.69) is 27.9 Å². The minimum Gasteiger partial charge on any atom is -0.356 e. The van der Waals surface area contributed by atoms with Crippen LogP contribution >= 0.6 is 11.3 Å². The molecule has 0 aromatic carbocycles. The van der Waals surface area contributed by atoms with Gasteiger partial charge in [-0.05, 0) is 28.3 Å². The van der Waals surface area contributed by atoms with Crippen LogP contribution in [-0.4, -0.2) is 32.3 Å². The zero-order valence-corrected chi connectivity index (χ0v) is 11.7. The first-order chi connectivity index (χ1) is 8.92. The molecular weight excluding hydrogens is 275 g/mol. The maximum atomic E-state index is 12.0. The van der Waals surface area contributed by atoms with Crippen molar-refractivity contribution in [3.05, 3.63) is 22.4 Å². The number of rotatable bonds is 5. The summed E-state index contributed by atoms with van der Waals surface area (Å²) >= 11 is 1.63. The summed E-state index contributed by atoms with van der Waals surface area (Å²) in [4.78, 5) is 3.89. The van der Waals surface area contributed by atoms with E-state index in [-0.39, 0.29) is 12.5 Å². The molecule has 0 bridgehead atoms. The maximum Gasteiger partial charge on any atom is 0.390 e. The molecule has 19 heavy (non-hydrogen) atoms. The first-order valence-electron chi connectivity index (χ1n) is 5.95. The van der Waals surface area contributed by atoms with E-state index in [1.54, 1.807) is 11.3 Å². The molecule has 1 rings (SSSR count). The Hall–Kier alpha value is -1.24. The van der Waals surface area contributed by atoms with Gasteiger partial charge >= 0.3 is 6.18 Å². The van der Waals surface area contributed by atoms with E-state index >= 15 is 0 Å². The zero-order chi connectivity index (χ0) is 14.3. The summed E-state index contributed by atoms with van der Waals surface area (Å²) in [5.74, 6) is 0.679. The second kappa shape index (κ2) is 7.37. The Morgan fingerprint density at radius 3 is 2.68 bits per heavy atom. The number of thiophene rings is 1. The molecule has 0 aliphatic rings. The van der Waals surface area contributed by atoms with Crippen LogP contribution in [0.1, 0.15) is 24.8 Å². The van der Waals surface area contributed by atoms with Crippen molar-refractivity contribution in [2.75, 3.05) is 20.1 Å². The van der Waals surface area contributed by atoms with Crippen molar-refractivity contribution in [2.45, 2.75) is 25.4 Å². The fraction of sp³-hybridized carbons (Fsp3) is 0.583. The molecule has 0 fully saturated rings. The van der Waals surface area contributed by atoms with Crippen LogP contribution < -0.4 is 10.6 Å². The van der Waals surface area contributed by atoms with Crippen LogP contribution in [0.2, 0.25) is 0 Å². The third kappa shape index (κ3) is 6.47. The minimum atomic E-state index is -4.14. The smallest absolute Gasteiger partial charge is 0.356 e. The average molecular weight is 293 g/mol. The highest BCUT2D eigenvalue weighted by Gasteiger charge is 2.26. The molecule has 0 saturated heterocycles. The van der Waals surface area contributed by atoms with E-state index in [4.69, 9.17) is 0 Å². The molecule has 7 heteroatoms. The second-order valence-electron chi connectivity index (χ2n) is 4.20. The first kappa shape index (κ1) is 15.8. The van der Waals surface area contributed by atoms with Gasteiger partial charge in [0, 0.05) is 20.1 Å². The Labute approximate surface area is 114 Å². The summed E-state index contributed by atoms with van der Waals surface area (Å²) in [6.45, 7) is 2.51. The van der Waals surface area contributed by atoms with Crippen LogP contribution in [0.25, 0.3) is 0 Å². The molecule has 1 aromatic rings. The molecule has 0 spiro atoms. The number of guanidine groups is 1. The Kier molecular flexibility index (Phi) is 6.14. The predicted molar refractivity (Wildman–Crippen MR) is 72.8 cm³/mol. The lowest BCUT2D eigenvalue weighted by molar-refractivity contribution is -0.132. The molecular formula is C12H18F3N3S. The molecule has 1 atom stereocenters. The maximum absolute atomic E-state index is 12.0. The third-order valence-corrected chi connectivity index (χ3v) is 3.31. The van der Waals surface area contributed by atoms with Crippen molar-refractivity contribution in [1.82, 2.24) is 10.6 Å². The molecule has 0 aliphatic carbocycles. The Morgan fingerprint density at radius 2 is 2.16 bits per heavy atom. The monoisotopic (exact) mass is 293 g/mol. The standard InChI is InChI=1S/C12H18F3N3S/c1-9(10-3-6-19-8-10)7-18-11(16-2)17-5-4-12(13,14)15/h3,6,8-9H,4-5,7H2,1-2H3,(H2,16,17,18). The van der Waals surface area contributed by atoms with E-state index < -0.39 is 12.6 Å². The molecule has 1 heterocycles. The van der Waals surface area contributed by atoms with Gasteiger partial charge in [-0.25, -0.2) is 0 Å². The highest BCUT2D eigenvalue weighted by Crippen LogP contribution is 2.18. The summed E-state index contributed by atoms with van der Waals surface area (Å²) in [5, 5.41) is 9.73. The largest absolute Gasteiger partial charge is 0.390 e. The molecule has 0 aliphatic heterocycles. The van der Waals surface area contributed by atoms with Crippen LogP contribution in [0, 0.1) is 0 Å². The predicted octanol–water partition coefficient (Wildman–Crippen LogP) is 2.97. The van der Waals surface area contributed by atoms with Gasteiger partial charge in [0.2, 0.25) is 0 Å². The van der Waals surface area contributed by atoms with E-state index in [1.165, 1.54) is 12.6 Å². The molecule has 2 N–H and O–H groups in total. The van der Waals surface area contributed by atoms with Crippen molar-refractivity contribution in [2.24, 2.45) is 4.99 Å². The normalized spacial score (nSPS) is 14.3. The highest BCUT2D eigenvalue weighted by molar-refractivity contribution is 7.07. The van der Waals surface area contributed by atoms with Crippen LogP contribution in [0.4, 0.5) is 13.2 Å². The van der Waals surface area contributed by atoms with E-state index in [0.717, 1.165) is 0 Å². The Morgan fingerprint density at radius 1 is 1.42 bits per heavy atom. The fourth-order valence-corrected chi connectivity index (χ4v) is 2.25. The second-order valence-corrected chi connectivity index (χ2v) is 4.98. The zero-order valence-electron chi connectivity index (χ0n) is 10.9. The van der Waals surface area contributed by atoms with Gasteiger partial charge in [-0.3, -0.25) is 4.99 Å². The van der Waals surface area contributed by atoms with E-state index in [1.807, 2.05) is 11.4 Å². The number of alkyl halides is 3. The molecule has 0 radical (unpaired) electrons. The fourth-order valence-electron chi connectivity index (χ4n) is 1.47. The van der Waals surface area contributed by atoms with Gasteiger partial charge < -0.3 is 10.6 Å². The Bertz CT molecular complexity index is 387. The van der Waals surface area contributed by atoms with Gasteiger partial charge in [-0.2, -0.15) is 24.5 Å². The summed E-state index contributed by atoms with van der Waals surface area (Å²) in [6.07, 6.45) is -5.01. The van der Waals surface area contributed by atoms with Gasteiger partial charge in [0.1, 0.15) is 0 Å².